The topological polar surface area (TPSA) is 122 Å². The number of ether oxygens (including phenoxy) is 1. The quantitative estimate of drug-likeness (QED) is 0.365. The molecule has 2 aliphatic heterocycles. The summed E-state index contributed by atoms with van der Waals surface area (Å²) < 4.78 is 21.5. The highest BCUT2D eigenvalue weighted by Crippen LogP contribution is 2.46. The number of benzene rings is 1. The molecule has 10 heteroatoms. The molecule has 1 amide bonds. The van der Waals surface area contributed by atoms with E-state index in [4.69, 9.17) is 9.72 Å². The smallest absolute Gasteiger partial charge is 0.340 e. The first kappa shape index (κ1) is 27.9. The lowest BCUT2D eigenvalue weighted by atomic mass is 9.78. The number of aliphatic hydroxyl groups is 2. The molecule has 6 rings (SSSR count). The van der Waals surface area contributed by atoms with Crippen LogP contribution in [0.25, 0.3) is 22.3 Å². The van der Waals surface area contributed by atoms with Gasteiger partial charge in [-0.3, -0.25) is 9.59 Å². The molecule has 2 atom stereocenters. The number of cyclic esters (lactones) is 1. The molecular formula is C30H34FN3O6. The van der Waals surface area contributed by atoms with Crippen LogP contribution in [0, 0.1) is 12.7 Å². The number of nitrogens with zero attached hydrogens (tertiary/aromatic N) is 3. The van der Waals surface area contributed by atoms with Crippen molar-refractivity contribution >= 4 is 22.8 Å². The van der Waals surface area contributed by atoms with E-state index < -0.39 is 18.7 Å². The molecule has 3 aliphatic rings. The third kappa shape index (κ3) is 4.21. The van der Waals surface area contributed by atoms with Crippen molar-refractivity contribution in [3.05, 3.63) is 61.7 Å². The fraction of sp³-hybridized carbons (Fsp3) is 0.467. The van der Waals surface area contributed by atoms with Gasteiger partial charge in [-0.15, -0.1) is 0 Å². The fourth-order valence-corrected chi connectivity index (χ4v) is 6.33. The number of esters is 1. The molecule has 2 unspecified atom stereocenters. The van der Waals surface area contributed by atoms with Gasteiger partial charge in [0.25, 0.3) is 5.56 Å². The van der Waals surface area contributed by atoms with Crippen molar-refractivity contribution in [2.24, 2.45) is 0 Å². The Bertz CT molecular complexity index is 1600. The monoisotopic (exact) mass is 551 g/mol. The summed E-state index contributed by atoms with van der Waals surface area (Å²) in [5, 5.41) is 20.8. The van der Waals surface area contributed by atoms with E-state index in [9.17, 15) is 29.0 Å². The van der Waals surface area contributed by atoms with E-state index in [1.807, 2.05) is 20.8 Å². The average molecular weight is 552 g/mol. The number of aryl methyl sites for hydroxylation is 1. The second-order valence-electron chi connectivity index (χ2n) is 10.3. The van der Waals surface area contributed by atoms with Crippen LogP contribution in [0.5, 0.6) is 0 Å². The molecular weight excluding hydrogens is 517 g/mol. The van der Waals surface area contributed by atoms with Crippen molar-refractivity contribution in [1.29, 1.82) is 0 Å². The number of hydrogen-bond acceptors (Lipinski definition) is 7. The summed E-state index contributed by atoms with van der Waals surface area (Å²) in [6, 6.07) is 3.02. The summed E-state index contributed by atoms with van der Waals surface area (Å²) in [6.07, 6.45) is 0.466. The zero-order chi connectivity index (χ0) is 28.9. The summed E-state index contributed by atoms with van der Waals surface area (Å²) in [5.41, 5.74) is 4.72. The van der Waals surface area contributed by atoms with Gasteiger partial charge >= 0.3 is 5.97 Å². The molecule has 9 nitrogen and oxygen atoms in total. The number of halogens is 1. The Morgan fingerprint density at radius 2 is 1.98 bits per heavy atom. The van der Waals surface area contributed by atoms with Gasteiger partial charge in [0.05, 0.1) is 29.0 Å². The fourth-order valence-electron chi connectivity index (χ4n) is 6.33. The van der Waals surface area contributed by atoms with Crippen molar-refractivity contribution in [3.63, 3.8) is 0 Å². The summed E-state index contributed by atoms with van der Waals surface area (Å²) in [4.78, 5) is 44.5. The van der Waals surface area contributed by atoms with Crippen molar-refractivity contribution < 1.29 is 28.9 Å². The van der Waals surface area contributed by atoms with E-state index in [1.54, 1.807) is 22.5 Å². The maximum Gasteiger partial charge on any atom is 0.340 e. The molecule has 0 spiro atoms. The van der Waals surface area contributed by atoms with E-state index in [0.29, 0.717) is 48.4 Å². The molecule has 0 radical (unpaired) electrons. The third-order valence-electron chi connectivity index (χ3n) is 8.19. The normalized spacial score (nSPS) is 18.3. The number of pyridine rings is 2. The van der Waals surface area contributed by atoms with Crippen molar-refractivity contribution in [2.45, 2.75) is 72.1 Å². The molecule has 0 bridgehead atoms. The highest BCUT2D eigenvalue weighted by Gasteiger charge is 2.37. The van der Waals surface area contributed by atoms with Crippen LogP contribution in [0.4, 0.5) is 4.39 Å². The van der Waals surface area contributed by atoms with Gasteiger partial charge in [0.15, 0.2) is 6.10 Å². The Balaban J connectivity index is 0.00000158. The van der Waals surface area contributed by atoms with Crippen LogP contribution in [0.2, 0.25) is 0 Å². The van der Waals surface area contributed by atoms with Crippen molar-refractivity contribution in [3.8, 4) is 11.4 Å². The lowest BCUT2D eigenvalue weighted by Crippen LogP contribution is -2.38. The number of hydrogen-bond donors (Lipinski definition) is 2. The molecule has 4 heterocycles. The van der Waals surface area contributed by atoms with Crippen LogP contribution in [0.1, 0.15) is 79.0 Å². The van der Waals surface area contributed by atoms with Gasteiger partial charge in [-0.25, -0.2) is 14.2 Å². The van der Waals surface area contributed by atoms with Crippen LogP contribution in [0.15, 0.2) is 16.9 Å². The summed E-state index contributed by atoms with van der Waals surface area (Å²) in [5.74, 6) is -1.62. The van der Waals surface area contributed by atoms with Crippen molar-refractivity contribution in [2.75, 3.05) is 19.7 Å². The number of fused-ring (bicyclic) bond motifs is 5. The predicted molar refractivity (Wildman–Crippen MR) is 146 cm³/mol. The number of rotatable bonds is 5. The number of aromatic nitrogens is 2. The molecule has 2 aromatic heterocycles. The molecule has 212 valence electrons. The van der Waals surface area contributed by atoms with Gasteiger partial charge in [-0.2, -0.15) is 0 Å². The Hall–Kier alpha value is -3.63. The molecule has 1 aromatic carbocycles. The second kappa shape index (κ2) is 10.7. The van der Waals surface area contributed by atoms with Crippen LogP contribution < -0.4 is 5.56 Å². The van der Waals surface area contributed by atoms with E-state index in [0.717, 1.165) is 28.5 Å². The summed E-state index contributed by atoms with van der Waals surface area (Å²) in [7, 11) is 0. The molecule has 0 saturated heterocycles. The lowest BCUT2D eigenvalue weighted by Gasteiger charge is -2.33. The molecule has 3 aromatic rings. The maximum absolute atomic E-state index is 15.0. The van der Waals surface area contributed by atoms with Crippen LogP contribution >= 0.6 is 0 Å². The van der Waals surface area contributed by atoms with Gasteiger partial charge < -0.3 is 24.4 Å². The number of carbonyl (C=O) groups is 2. The summed E-state index contributed by atoms with van der Waals surface area (Å²) >= 11 is 0. The van der Waals surface area contributed by atoms with Gasteiger partial charge in [-0.1, -0.05) is 20.8 Å². The highest BCUT2D eigenvalue weighted by atomic mass is 19.1. The van der Waals surface area contributed by atoms with E-state index >= 15 is 0 Å². The Labute approximate surface area is 231 Å². The standard InChI is InChI=1S/C28H28FN3O6.C2H6/c1-3-6-31(22(34)11-33)9-14-4-5-15-13(2)19(29)8-20-24(15)23(14)17-10-32-21(25(17)30-20)7-16-18(27(32)36)12-38-28(37)26(16)35;1-2/h7-8,14,26,33,35H,3-6,9-12H2,1-2H3;1-2H3. The van der Waals surface area contributed by atoms with Gasteiger partial charge in [0, 0.05) is 41.6 Å². The minimum absolute atomic E-state index is 0.108. The minimum Gasteiger partial charge on any atom is -0.458 e. The number of carbonyl (C=O) groups excluding carboxylic acids is 2. The van der Waals surface area contributed by atoms with Gasteiger partial charge in [0.2, 0.25) is 5.91 Å². The van der Waals surface area contributed by atoms with E-state index in [-0.39, 0.29) is 47.5 Å². The second-order valence-corrected chi connectivity index (χ2v) is 10.3. The minimum atomic E-state index is -1.56. The Kier molecular flexibility index (Phi) is 7.50. The zero-order valence-electron chi connectivity index (χ0n) is 23.2. The molecule has 0 fully saturated rings. The molecule has 0 saturated carbocycles. The average Bonchev–Trinajstić information content (AvgIpc) is 3.33. The van der Waals surface area contributed by atoms with Crippen LogP contribution in [0.3, 0.4) is 0 Å². The maximum atomic E-state index is 15.0. The Morgan fingerprint density at radius 1 is 1.23 bits per heavy atom. The first-order valence-electron chi connectivity index (χ1n) is 13.9. The molecule has 1 aliphatic carbocycles. The van der Waals surface area contributed by atoms with Crippen LogP contribution in [-0.2, 0) is 33.9 Å². The first-order valence-corrected chi connectivity index (χ1v) is 13.9. The lowest BCUT2D eigenvalue weighted by molar-refractivity contribution is -0.157. The predicted octanol–water partition coefficient (Wildman–Crippen LogP) is 3.25. The summed E-state index contributed by atoms with van der Waals surface area (Å²) in [6.45, 7) is 8.05. The largest absolute Gasteiger partial charge is 0.458 e. The SMILES string of the molecule is CC.CCCN(CC1CCc2c(C)c(F)cc3nc4c(c1c23)Cn1c-4cc2c(c1=O)COC(=O)C2O)C(=O)CO. The van der Waals surface area contributed by atoms with Gasteiger partial charge in [0.1, 0.15) is 19.0 Å². The van der Waals surface area contributed by atoms with Crippen LogP contribution in [-0.4, -0.2) is 56.2 Å². The highest BCUT2D eigenvalue weighted by molar-refractivity contribution is 5.93. The first-order chi connectivity index (χ1) is 19.2. The molecule has 2 N–H and O–H groups in total. The Morgan fingerprint density at radius 3 is 2.67 bits per heavy atom. The molecule has 40 heavy (non-hydrogen) atoms. The van der Waals surface area contributed by atoms with E-state index in [2.05, 4.69) is 0 Å². The zero-order valence-corrected chi connectivity index (χ0v) is 23.2. The third-order valence-corrected chi connectivity index (χ3v) is 8.19. The van der Waals surface area contributed by atoms with Gasteiger partial charge in [-0.05, 0) is 48.9 Å². The number of amides is 1. The van der Waals surface area contributed by atoms with Crippen molar-refractivity contribution in [1.82, 2.24) is 14.5 Å². The van der Waals surface area contributed by atoms with E-state index in [1.165, 1.54) is 6.07 Å². The number of aliphatic hydroxyl groups excluding tert-OH is 2.